The molecule has 15 heavy (non-hydrogen) atoms. The minimum Gasteiger partial charge on any atom is -0.309 e. The lowest BCUT2D eigenvalue weighted by atomic mass is 10.1. The lowest BCUT2D eigenvalue weighted by Crippen LogP contribution is -2.27. The van der Waals surface area contributed by atoms with Gasteiger partial charge in [-0.2, -0.15) is 5.26 Å². The summed E-state index contributed by atoms with van der Waals surface area (Å²) in [4.78, 5) is 1.25. The van der Waals surface area contributed by atoms with Gasteiger partial charge in [0.15, 0.2) is 0 Å². The largest absolute Gasteiger partial charge is 0.309 e. The molecule has 0 aromatic carbocycles. The number of hydrogen-bond donors (Lipinski definition) is 1. The van der Waals surface area contributed by atoms with Crippen molar-refractivity contribution in [2.75, 3.05) is 0 Å². The summed E-state index contributed by atoms with van der Waals surface area (Å²) in [5.41, 5.74) is 0.778. The summed E-state index contributed by atoms with van der Waals surface area (Å²) in [6, 6.07) is 4.74. The lowest BCUT2D eigenvalue weighted by molar-refractivity contribution is 0.464. The Bertz CT molecular complexity index is 325. The van der Waals surface area contributed by atoms with E-state index in [2.05, 4.69) is 25.2 Å². The Morgan fingerprint density at radius 2 is 2.33 bits per heavy atom. The fourth-order valence-electron chi connectivity index (χ4n) is 1.58. The fourth-order valence-corrected chi connectivity index (χ4v) is 2.34. The molecule has 0 saturated heterocycles. The van der Waals surface area contributed by atoms with Crippen LogP contribution in [0.1, 0.15) is 43.6 Å². The van der Waals surface area contributed by atoms with E-state index >= 15 is 0 Å². The van der Waals surface area contributed by atoms with Crippen LogP contribution in [0, 0.1) is 11.3 Å². The van der Waals surface area contributed by atoms with Crippen molar-refractivity contribution in [2.45, 2.75) is 45.7 Å². The highest BCUT2D eigenvalue weighted by Gasteiger charge is 2.05. The Morgan fingerprint density at radius 3 is 2.87 bits per heavy atom. The molecule has 3 heteroatoms. The summed E-state index contributed by atoms with van der Waals surface area (Å²) >= 11 is 1.66. The Balaban J connectivity index is 2.38. The topological polar surface area (TPSA) is 35.8 Å². The van der Waals surface area contributed by atoms with Gasteiger partial charge in [-0.15, -0.1) is 11.3 Å². The maximum Gasteiger partial charge on any atom is 0.100 e. The molecular weight excluding hydrogens is 204 g/mol. The van der Waals surface area contributed by atoms with Crippen LogP contribution in [0.4, 0.5) is 0 Å². The van der Waals surface area contributed by atoms with Gasteiger partial charge in [-0.25, -0.2) is 0 Å². The quantitative estimate of drug-likeness (QED) is 0.801. The van der Waals surface area contributed by atoms with Crippen LogP contribution >= 0.6 is 11.3 Å². The fraction of sp³-hybridized carbons (Fsp3) is 0.583. The molecule has 0 radical (unpaired) electrons. The van der Waals surface area contributed by atoms with Gasteiger partial charge >= 0.3 is 0 Å². The normalized spacial score (nSPS) is 12.3. The Morgan fingerprint density at radius 1 is 1.53 bits per heavy atom. The molecule has 1 aromatic heterocycles. The van der Waals surface area contributed by atoms with Crippen LogP contribution < -0.4 is 5.32 Å². The minimum atomic E-state index is 0.614. The Labute approximate surface area is 95.9 Å². The first-order chi connectivity index (χ1) is 7.30. The average Bonchev–Trinajstić information content (AvgIpc) is 2.72. The molecular formula is C12H18N2S. The molecule has 1 N–H and O–H groups in total. The molecule has 0 bridgehead atoms. The molecule has 2 nitrogen and oxygen atoms in total. The van der Waals surface area contributed by atoms with E-state index in [0.29, 0.717) is 6.04 Å². The molecule has 0 saturated carbocycles. The van der Waals surface area contributed by atoms with Crippen molar-refractivity contribution in [3.05, 3.63) is 21.9 Å². The van der Waals surface area contributed by atoms with E-state index < -0.39 is 0 Å². The van der Waals surface area contributed by atoms with Crippen molar-refractivity contribution in [1.29, 1.82) is 5.26 Å². The summed E-state index contributed by atoms with van der Waals surface area (Å²) in [6.45, 7) is 5.32. The van der Waals surface area contributed by atoms with E-state index in [4.69, 9.17) is 5.26 Å². The van der Waals surface area contributed by atoms with Crippen molar-refractivity contribution in [2.24, 2.45) is 0 Å². The van der Waals surface area contributed by atoms with Crippen LogP contribution in [0.3, 0.4) is 0 Å². The molecule has 1 atom stereocenters. The van der Waals surface area contributed by atoms with Crippen molar-refractivity contribution in [1.82, 2.24) is 5.32 Å². The predicted molar refractivity (Wildman–Crippen MR) is 64.9 cm³/mol. The molecule has 0 amide bonds. The first kappa shape index (κ1) is 12.2. The maximum absolute atomic E-state index is 8.69. The molecule has 0 spiro atoms. The Kier molecular flexibility index (Phi) is 5.38. The van der Waals surface area contributed by atoms with Crippen molar-refractivity contribution in [3.8, 4) is 6.07 Å². The van der Waals surface area contributed by atoms with Crippen molar-refractivity contribution < 1.29 is 0 Å². The van der Waals surface area contributed by atoms with E-state index in [1.165, 1.54) is 24.1 Å². The zero-order chi connectivity index (χ0) is 11.1. The highest BCUT2D eigenvalue weighted by molar-refractivity contribution is 7.10. The van der Waals surface area contributed by atoms with E-state index in [-0.39, 0.29) is 0 Å². The highest BCUT2D eigenvalue weighted by atomic mass is 32.1. The van der Waals surface area contributed by atoms with E-state index in [0.717, 1.165) is 12.1 Å². The standard InChI is InChI=1S/C12H18N2S/c1-3-5-11(4-2)14-8-12-6-10(7-13)9-15-12/h6,9,11,14H,3-5,8H2,1-2H3. The van der Waals surface area contributed by atoms with Gasteiger partial charge in [0.05, 0.1) is 5.56 Å². The van der Waals surface area contributed by atoms with Crippen LogP contribution in [0.2, 0.25) is 0 Å². The monoisotopic (exact) mass is 222 g/mol. The molecule has 1 aromatic rings. The third-order valence-electron chi connectivity index (χ3n) is 2.48. The molecule has 0 aliphatic heterocycles. The van der Waals surface area contributed by atoms with E-state index in [9.17, 15) is 0 Å². The molecule has 1 unspecified atom stereocenters. The van der Waals surface area contributed by atoms with Gasteiger partial charge in [-0.3, -0.25) is 0 Å². The minimum absolute atomic E-state index is 0.614. The van der Waals surface area contributed by atoms with Gasteiger partial charge in [0.25, 0.3) is 0 Å². The summed E-state index contributed by atoms with van der Waals surface area (Å²) < 4.78 is 0. The maximum atomic E-state index is 8.69. The summed E-state index contributed by atoms with van der Waals surface area (Å²) in [5.74, 6) is 0. The smallest absolute Gasteiger partial charge is 0.100 e. The van der Waals surface area contributed by atoms with Gasteiger partial charge in [0, 0.05) is 22.8 Å². The van der Waals surface area contributed by atoms with Gasteiger partial charge < -0.3 is 5.32 Å². The number of rotatable bonds is 6. The molecule has 1 rings (SSSR count). The van der Waals surface area contributed by atoms with Crippen LogP contribution in [0.15, 0.2) is 11.4 Å². The van der Waals surface area contributed by atoms with Crippen LogP contribution in [0.5, 0.6) is 0 Å². The number of hydrogen-bond acceptors (Lipinski definition) is 3. The third-order valence-corrected chi connectivity index (χ3v) is 3.41. The first-order valence-electron chi connectivity index (χ1n) is 5.51. The second-order valence-electron chi connectivity index (χ2n) is 3.69. The molecule has 0 aliphatic rings. The van der Waals surface area contributed by atoms with Gasteiger partial charge in [0.1, 0.15) is 6.07 Å². The van der Waals surface area contributed by atoms with E-state index in [1.807, 2.05) is 11.4 Å². The van der Waals surface area contributed by atoms with Crippen molar-refractivity contribution >= 4 is 11.3 Å². The zero-order valence-corrected chi connectivity index (χ0v) is 10.2. The second-order valence-corrected chi connectivity index (χ2v) is 4.68. The third kappa shape index (κ3) is 4.03. The van der Waals surface area contributed by atoms with E-state index in [1.54, 1.807) is 11.3 Å². The first-order valence-corrected chi connectivity index (χ1v) is 6.39. The van der Waals surface area contributed by atoms with Crippen molar-refractivity contribution in [3.63, 3.8) is 0 Å². The highest BCUT2D eigenvalue weighted by Crippen LogP contribution is 2.14. The summed E-state index contributed by atoms with van der Waals surface area (Å²) in [6.07, 6.45) is 3.62. The van der Waals surface area contributed by atoms with Crippen LogP contribution in [-0.4, -0.2) is 6.04 Å². The number of nitrogens with zero attached hydrogens (tertiary/aromatic N) is 1. The summed E-state index contributed by atoms with van der Waals surface area (Å²) in [5, 5.41) is 14.1. The number of nitriles is 1. The van der Waals surface area contributed by atoms with Gasteiger partial charge in [-0.1, -0.05) is 20.3 Å². The molecule has 82 valence electrons. The predicted octanol–water partition coefficient (Wildman–Crippen LogP) is 3.29. The van der Waals surface area contributed by atoms with Gasteiger partial charge in [-0.05, 0) is 18.9 Å². The average molecular weight is 222 g/mol. The Hall–Kier alpha value is -0.850. The molecule has 0 fully saturated rings. The van der Waals surface area contributed by atoms with Crippen LogP contribution in [-0.2, 0) is 6.54 Å². The number of nitrogens with one attached hydrogen (secondary N) is 1. The number of thiophene rings is 1. The second kappa shape index (κ2) is 6.60. The lowest BCUT2D eigenvalue weighted by Gasteiger charge is -2.14. The molecule has 0 aliphatic carbocycles. The van der Waals surface area contributed by atoms with Crippen LogP contribution in [0.25, 0.3) is 0 Å². The van der Waals surface area contributed by atoms with Gasteiger partial charge in [0.2, 0.25) is 0 Å². The summed E-state index contributed by atoms with van der Waals surface area (Å²) in [7, 11) is 0. The molecule has 1 heterocycles. The zero-order valence-electron chi connectivity index (χ0n) is 9.42. The SMILES string of the molecule is CCCC(CC)NCc1cc(C#N)cs1.